The minimum atomic E-state index is -0.276. The van der Waals surface area contributed by atoms with E-state index in [-0.39, 0.29) is 5.41 Å². The maximum atomic E-state index is 5.00. The minimum Gasteiger partial charge on any atom is -0.307 e. The van der Waals surface area contributed by atoms with E-state index in [1.807, 2.05) is 43.0 Å². The Morgan fingerprint density at radius 1 is 0.688 bits per heavy atom. The second-order valence-electron chi connectivity index (χ2n) is 8.24. The van der Waals surface area contributed by atoms with Gasteiger partial charge in [0.15, 0.2) is 0 Å². The second-order valence-corrected chi connectivity index (χ2v) is 9.95. The van der Waals surface area contributed by atoms with Crippen LogP contribution in [0.15, 0.2) is 78.0 Å². The molecular formula is C25H19N5S2. The summed E-state index contributed by atoms with van der Waals surface area (Å²) in [5, 5.41) is 6.31. The molecule has 156 valence electrons. The number of anilines is 3. The number of benzene rings is 1. The molecular weight excluding hydrogens is 434 g/mol. The van der Waals surface area contributed by atoms with Gasteiger partial charge < -0.3 is 4.90 Å². The van der Waals surface area contributed by atoms with Crippen molar-refractivity contribution in [2.24, 2.45) is 0 Å². The van der Waals surface area contributed by atoms with Crippen molar-refractivity contribution < 1.29 is 0 Å². The van der Waals surface area contributed by atoms with Crippen LogP contribution in [-0.4, -0.2) is 19.9 Å². The number of rotatable bonds is 1. The van der Waals surface area contributed by atoms with Gasteiger partial charge in [-0.25, -0.2) is 9.97 Å². The minimum absolute atomic E-state index is 0.276. The largest absolute Gasteiger partial charge is 0.307 e. The lowest BCUT2D eigenvalue weighted by atomic mass is 9.95. The lowest BCUT2D eigenvalue weighted by molar-refractivity contribution is 0.630. The Balaban J connectivity index is 1.65. The smallest absolute Gasteiger partial charge is 0.106 e. The van der Waals surface area contributed by atoms with E-state index in [0.29, 0.717) is 0 Å². The molecule has 4 aromatic heterocycles. The van der Waals surface area contributed by atoms with Crippen molar-refractivity contribution in [2.75, 3.05) is 4.90 Å². The molecule has 5 nitrogen and oxygen atoms in total. The van der Waals surface area contributed by atoms with Crippen molar-refractivity contribution in [3.63, 3.8) is 0 Å². The quantitative estimate of drug-likeness (QED) is 0.278. The summed E-state index contributed by atoms with van der Waals surface area (Å²) in [6, 6.07) is 14.6. The fraction of sp³-hybridized carbons (Fsp3) is 0.120. The molecule has 0 atom stereocenters. The first-order valence-electron chi connectivity index (χ1n) is 10.3. The van der Waals surface area contributed by atoms with Gasteiger partial charge in [0.05, 0.1) is 40.6 Å². The Morgan fingerprint density at radius 3 is 1.75 bits per heavy atom. The first kappa shape index (κ1) is 19.3. The topological polar surface area (TPSA) is 54.8 Å². The van der Waals surface area contributed by atoms with Crippen molar-refractivity contribution in [3.05, 3.63) is 88.0 Å². The van der Waals surface area contributed by atoms with Gasteiger partial charge in [-0.05, 0) is 38.1 Å². The standard InChI is InChI=1S/C25H19N5S2/c1-25(2)23-28-21(14-31-23)16-8-19(12-26-10-16)30(18-6-4-3-5-7-18)20-9-17(11-27-13-20)22-15-32-24(25)29-22/h3-15H,1-2H3. The normalized spacial score (nSPS) is 14.1. The van der Waals surface area contributed by atoms with Crippen molar-refractivity contribution >= 4 is 39.7 Å². The van der Waals surface area contributed by atoms with Crippen molar-refractivity contribution in [1.82, 2.24) is 19.9 Å². The molecule has 0 saturated heterocycles. The van der Waals surface area contributed by atoms with E-state index in [1.54, 1.807) is 22.7 Å². The molecule has 7 heteroatoms. The number of thiazole rings is 2. The molecule has 1 aliphatic heterocycles. The highest BCUT2D eigenvalue weighted by Gasteiger charge is 2.31. The van der Waals surface area contributed by atoms with Crippen molar-refractivity contribution in [3.8, 4) is 22.5 Å². The van der Waals surface area contributed by atoms with Crippen LogP contribution >= 0.6 is 22.7 Å². The van der Waals surface area contributed by atoms with E-state index in [2.05, 4.69) is 63.7 Å². The van der Waals surface area contributed by atoms with Crippen LogP contribution in [0.4, 0.5) is 17.1 Å². The van der Waals surface area contributed by atoms with Crippen LogP contribution in [0.5, 0.6) is 0 Å². The average molecular weight is 454 g/mol. The molecule has 0 unspecified atom stereocenters. The monoisotopic (exact) mass is 453 g/mol. The Labute approximate surface area is 194 Å². The molecule has 0 aliphatic carbocycles. The first-order valence-corrected chi connectivity index (χ1v) is 12.0. The van der Waals surface area contributed by atoms with Gasteiger partial charge in [-0.3, -0.25) is 9.97 Å². The van der Waals surface area contributed by atoms with Gasteiger partial charge in [-0.1, -0.05) is 18.2 Å². The molecule has 5 aromatic rings. The highest BCUT2D eigenvalue weighted by Crippen LogP contribution is 2.41. The number of aromatic nitrogens is 4. The molecule has 8 bridgehead atoms. The second kappa shape index (κ2) is 7.32. The predicted octanol–water partition coefficient (Wildman–Crippen LogP) is 6.83. The Hall–Kier alpha value is -3.42. The summed E-state index contributed by atoms with van der Waals surface area (Å²) < 4.78 is 0. The molecule has 0 radical (unpaired) electrons. The number of hydrogen-bond donors (Lipinski definition) is 0. The summed E-state index contributed by atoms with van der Waals surface area (Å²) in [5.41, 5.74) is 6.52. The lowest BCUT2D eigenvalue weighted by Crippen LogP contribution is -2.18. The third-order valence-electron chi connectivity index (χ3n) is 5.65. The summed E-state index contributed by atoms with van der Waals surface area (Å²) in [7, 11) is 0. The SMILES string of the molecule is CC1(C)c2nc(cs2)-c2cncc(c2)N(c2ccccc2)c2cncc(c2)-c2csc1n2. The Morgan fingerprint density at radius 2 is 1.22 bits per heavy atom. The average Bonchev–Trinajstić information content (AvgIpc) is 3.51. The van der Waals surface area contributed by atoms with E-state index in [0.717, 1.165) is 49.6 Å². The molecule has 5 heterocycles. The van der Waals surface area contributed by atoms with Gasteiger partial charge in [0.1, 0.15) is 10.0 Å². The summed E-state index contributed by atoms with van der Waals surface area (Å²) in [5.74, 6) is 0. The van der Waals surface area contributed by atoms with Crippen LogP contribution in [0.3, 0.4) is 0 Å². The fourth-order valence-electron chi connectivity index (χ4n) is 3.88. The summed E-state index contributed by atoms with van der Waals surface area (Å²) >= 11 is 3.34. The molecule has 0 spiro atoms. The highest BCUT2D eigenvalue weighted by atomic mass is 32.1. The van der Waals surface area contributed by atoms with Crippen molar-refractivity contribution in [1.29, 1.82) is 0 Å². The van der Waals surface area contributed by atoms with Crippen LogP contribution in [0.2, 0.25) is 0 Å². The van der Waals surface area contributed by atoms with Gasteiger partial charge in [0.25, 0.3) is 0 Å². The van der Waals surface area contributed by atoms with Gasteiger partial charge in [0, 0.05) is 40.0 Å². The van der Waals surface area contributed by atoms with Crippen molar-refractivity contribution in [2.45, 2.75) is 19.3 Å². The lowest BCUT2D eigenvalue weighted by Gasteiger charge is -2.25. The number of fused-ring (bicyclic) bond motifs is 10. The molecule has 6 rings (SSSR count). The zero-order valence-electron chi connectivity index (χ0n) is 17.6. The zero-order chi connectivity index (χ0) is 21.7. The van der Waals surface area contributed by atoms with E-state index < -0.39 is 0 Å². The van der Waals surface area contributed by atoms with Gasteiger partial charge >= 0.3 is 0 Å². The van der Waals surface area contributed by atoms with Crippen LogP contribution in [0.25, 0.3) is 22.5 Å². The van der Waals surface area contributed by atoms with Gasteiger partial charge in [0.2, 0.25) is 0 Å². The summed E-state index contributed by atoms with van der Waals surface area (Å²) in [6.45, 7) is 4.37. The summed E-state index contributed by atoms with van der Waals surface area (Å²) in [4.78, 5) is 21.3. The van der Waals surface area contributed by atoms with E-state index in [4.69, 9.17) is 9.97 Å². The van der Waals surface area contributed by atoms with Crippen LogP contribution in [-0.2, 0) is 5.41 Å². The molecule has 1 aliphatic rings. The number of pyridine rings is 2. The maximum Gasteiger partial charge on any atom is 0.106 e. The maximum absolute atomic E-state index is 5.00. The third-order valence-corrected chi connectivity index (χ3v) is 7.98. The highest BCUT2D eigenvalue weighted by molar-refractivity contribution is 7.11. The van der Waals surface area contributed by atoms with Gasteiger partial charge in [-0.2, -0.15) is 0 Å². The molecule has 1 aromatic carbocycles. The summed E-state index contributed by atoms with van der Waals surface area (Å²) in [6.07, 6.45) is 7.52. The third kappa shape index (κ3) is 3.13. The fourth-order valence-corrected chi connectivity index (χ4v) is 5.86. The molecule has 0 amide bonds. The predicted molar refractivity (Wildman–Crippen MR) is 131 cm³/mol. The van der Waals surface area contributed by atoms with E-state index in [1.165, 1.54) is 0 Å². The molecule has 0 saturated carbocycles. The molecule has 0 fully saturated rings. The number of para-hydroxylation sites is 1. The van der Waals surface area contributed by atoms with Crippen LogP contribution in [0.1, 0.15) is 23.9 Å². The zero-order valence-corrected chi connectivity index (χ0v) is 19.2. The molecule has 32 heavy (non-hydrogen) atoms. The first-order chi connectivity index (χ1) is 15.6. The van der Waals surface area contributed by atoms with Crippen LogP contribution in [0, 0.1) is 0 Å². The van der Waals surface area contributed by atoms with Gasteiger partial charge in [-0.15, -0.1) is 22.7 Å². The van der Waals surface area contributed by atoms with Crippen LogP contribution < -0.4 is 4.90 Å². The van der Waals surface area contributed by atoms with E-state index >= 15 is 0 Å². The number of nitrogens with zero attached hydrogens (tertiary/aromatic N) is 5. The molecule has 0 N–H and O–H groups in total. The number of hydrogen-bond acceptors (Lipinski definition) is 7. The Bertz CT molecular complexity index is 1330. The Kier molecular flexibility index (Phi) is 4.41. The van der Waals surface area contributed by atoms with E-state index in [9.17, 15) is 0 Å².